The number of aliphatic hydroxyl groups is 2. The van der Waals surface area contributed by atoms with Gasteiger partial charge in [-0.05, 0) is 19.3 Å². The van der Waals surface area contributed by atoms with Crippen LogP contribution >= 0.6 is 0 Å². The van der Waals surface area contributed by atoms with Crippen molar-refractivity contribution in [2.24, 2.45) is 11.8 Å². The second-order valence-electron chi connectivity index (χ2n) is 4.55. The van der Waals surface area contributed by atoms with Crippen LogP contribution in [0.3, 0.4) is 0 Å². The quantitative estimate of drug-likeness (QED) is 0.591. The second kappa shape index (κ2) is 3.52. The monoisotopic (exact) mass is 212 g/mol. The van der Waals surface area contributed by atoms with Crippen LogP contribution in [0, 0.1) is 11.8 Å². The van der Waals surface area contributed by atoms with Crippen LogP contribution in [0.25, 0.3) is 0 Å². The van der Waals surface area contributed by atoms with Gasteiger partial charge < -0.3 is 14.9 Å². The normalized spacial score (nSPS) is 41.1. The third-order valence-electron chi connectivity index (χ3n) is 3.44. The third kappa shape index (κ3) is 1.63. The molecule has 0 bridgehead atoms. The summed E-state index contributed by atoms with van der Waals surface area (Å²) in [4.78, 5) is 11.6. The molecule has 0 radical (unpaired) electrons. The summed E-state index contributed by atoms with van der Waals surface area (Å²) in [5.74, 6) is -0.478. The Hall–Kier alpha value is -1.03. The van der Waals surface area contributed by atoms with Gasteiger partial charge in [0.2, 0.25) is 0 Å². The van der Waals surface area contributed by atoms with Crippen LogP contribution in [0.1, 0.15) is 26.7 Å². The Labute approximate surface area is 88.6 Å². The molecule has 0 unspecified atom stereocenters. The van der Waals surface area contributed by atoms with E-state index in [9.17, 15) is 15.0 Å². The average molecular weight is 212 g/mol. The zero-order chi connectivity index (χ0) is 11.2. The number of cyclic esters (lactones) is 1. The maximum atomic E-state index is 11.6. The maximum Gasteiger partial charge on any atom is 0.337 e. The molecule has 4 heteroatoms. The number of fused-ring (bicyclic) bond motifs is 1. The molecule has 2 N–H and O–H groups in total. The van der Waals surface area contributed by atoms with Gasteiger partial charge in [0.05, 0.1) is 17.8 Å². The number of hydrogen-bond donors (Lipinski definition) is 2. The number of aliphatic hydroxyl groups excluding tert-OH is 2. The van der Waals surface area contributed by atoms with E-state index in [1.807, 2.05) is 13.8 Å². The van der Waals surface area contributed by atoms with Crippen molar-refractivity contribution in [2.75, 3.05) is 0 Å². The molecule has 0 saturated carbocycles. The summed E-state index contributed by atoms with van der Waals surface area (Å²) in [7, 11) is 0. The van der Waals surface area contributed by atoms with Crippen LogP contribution in [0.2, 0.25) is 0 Å². The van der Waals surface area contributed by atoms with Gasteiger partial charge in [0.1, 0.15) is 5.76 Å². The number of hydrogen-bond acceptors (Lipinski definition) is 4. The number of rotatable bonds is 0. The molecule has 4 atom stereocenters. The van der Waals surface area contributed by atoms with Crippen molar-refractivity contribution in [1.82, 2.24) is 0 Å². The lowest BCUT2D eigenvalue weighted by atomic mass is 9.73. The van der Waals surface area contributed by atoms with Crippen molar-refractivity contribution in [1.29, 1.82) is 0 Å². The smallest absolute Gasteiger partial charge is 0.337 e. The minimum absolute atomic E-state index is 0.00231. The van der Waals surface area contributed by atoms with E-state index in [4.69, 9.17) is 4.74 Å². The van der Waals surface area contributed by atoms with Crippen molar-refractivity contribution in [3.05, 3.63) is 11.3 Å². The molecule has 1 saturated heterocycles. The lowest BCUT2D eigenvalue weighted by Gasteiger charge is -2.38. The topological polar surface area (TPSA) is 66.8 Å². The first-order valence-corrected chi connectivity index (χ1v) is 5.31. The zero-order valence-corrected chi connectivity index (χ0v) is 8.93. The predicted octanol–water partition coefficient (Wildman–Crippen LogP) is 1.15. The van der Waals surface area contributed by atoms with E-state index in [1.54, 1.807) is 0 Å². The molecule has 0 aromatic heterocycles. The average Bonchev–Trinajstić information content (AvgIpc) is 2.12. The molecule has 1 heterocycles. The van der Waals surface area contributed by atoms with Gasteiger partial charge in [-0.1, -0.05) is 6.92 Å². The Bertz CT molecular complexity index is 321. The molecular formula is C11H16O4. The second-order valence-corrected chi connectivity index (χ2v) is 4.55. The van der Waals surface area contributed by atoms with Crippen LogP contribution in [-0.4, -0.2) is 28.4 Å². The zero-order valence-electron chi connectivity index (χ0n) is 8.93. The molecule has 15 heavy (non-hydrogen) atoms. The van der Waals surface area contributed by atoms with Crippen LogP contribution in [-0.2, 0) is 9.53 Å². The Balaban J connectivity index is 2.37. The predicted molar refractivity (Wildman–Crippen MR) is 53.1 cm³/mol. The van der Waals surface area contributed by atoms with E-state index in [1.165, 1.54) is 0 Å². The van der Waals surface area contributed by atoms with Gasteiger partial charge in [0.15, 0.2) is 0 Å². The highest BCUT2D eigenvalue weighted by Gasteiger charge is 2.43. The fourth-order valence-electron chi connectivity index (χ4n) is 2.49. The number of carbonyl (C=O) groups excluding carboxylic acids is 1. The first-order chi connectivity index (χ1) is 7.00. The van der Waals surface area contributed by atoms with Gasteiger partial charge in [-0.25, -0.2) is 4.79 Å². The van der Waals surface area contributed by atoms with Crippen LogP contribution < -0.4 is 0 Å². The molecule has 0 aromatic rings. The molecule has 0 aromatic carbocycles. The van der Waals surface area contributed by atoms with Crippen molar-refractivity contribution in [2.45, 2.75) is 38.9 Å². The summed E-state index contributed by atoms with van der Waals surface area (Å²) in [5, 5.41) is 19.4. The molecular weight excluding hydrogens is 196 g/mol. The Morgan fingerprint density at radius 3 is 2.73 bits per heavy atom. The minimum Gasteiger partial charge on any atom is -0.512 e. The van der Waals surface area contributed by atoms with Gasteiger partial charge in [0.25, 0.3) is 0 Å². The number of esters is 1. The fourth-order valence-corrected chi connectivity index (χ4v) is 2.49. The van der Waals surface area contributed by atoms with Crippen molar-refractivity contribution >= 4 is 5.97 Å². The molecule has 84 valence electrons. The summed E-state index contributed by atoms with van der Waals surface area (Å²) in [6, 6.07) is 0. The summed E-state index contributed by atoms with van der Waals surface area (Å²) >= 11 is 0. The van der Waals surface area contributed by atoms with E-state index in [0.717, 1.165) is 0 Å². The lowest BCUT2D eigenvalue weighted by molar-refractivity contribution is -0.151. The van der Waals surface area contributed by atoms with Crippen molar-refractivity contribution < 1.29 is 19.7 Å². The number of ether oxygens (including phenoxy) is 1. The van der Waals surface area contributed by atoms with E-state index in [-0.39, 0.29) is 30.1 Å². The van der Waals surface area contributed by atoms with Crippen LogP contribution in [0.5, 0.6) is 0 Å². The molecule has 4 nitrogen and oxygen atoms in total. The van der Waals surface area contributed by atoms with E-state index >= 15 is 0 Å². The molecule has 0 spiro atoms. The molecule has 0 amide bonds. The molecule has 1 aliphatic heterocycles. The highest BCUT2D eigenvalue weighted by molar-refractivity contribution is 5.90. The van der Waals surface area contributed by atoms with Gasteiger partial charge >= 0.3 is 5.97 Å². The first-order valence-electron chi connectivity index (χ1n) is 5.31. The largest absolute Gasteiger partial charge is 0.512 e. The highest BCUT2D eigenvalue weighted by Crippen LogP contribution is 2.40. The van der Waals surface area contributed by atoms with E-state index in [0.29, 0.717) is 12.0 Å². The minimum atomic E-state index is -0.558. The summed E-state index contributed by atoms with van der Waals surface area (Å²) in [5.41, 5.74) is 0.380. The Morgan fingerprint density at radius 2 is 2.07 bits per heavy atom. The van der Waals surface area contributed by atoms with E-state index in [2.05, 4.69) is 0 Å². The first kappa shape index (κ1) is 10.5. The summed E-state index contributed by atoms with van der Waals surface area (Å²) in [6.45, 7) is 3.74. The third-order valence-corrected chi connectivity index (χ3v) is 3.44. The Kier molecular flexibility index (Phi) is 2.46. The van der Waals surface area contributed by atoms with Gasteiger partial charge in [-0.3, -0.25) is 0 Å². The highest BCUT2D eigenvalue weighted by atomic mass is 16.5. The lowest BCUT2D eigenvalue weighted by Crippen LogP contribution is -2.41. The molecule has 2 rings (SSSR count). The van der Waals surface area contributed by atoms with Gasteiger partial charge in [-0.2, -0.15) is 0 Å². The fraction of sp³-hybridized carbons (Fsp3) is 0.727. The molecule has 1 aliphatic carbocycles. The van der Waals surface area contributed by atoms with Gasteiger partial charge in [-0.15, -0.1) is 0 Å². The van der Waals surface area contributed by atoms with E-state index < -0.39 is 12.1 Å². The van der Waals surface area contributed by atoms with Crippen molar-refractivity contribution in [3.8, 4) is 0 Å². The van der Waals surface area contributed by atoms with Crippen LogP contribution in [0.15, 0.2) is 11.3 Å². The maximum absolute atomic E-state index is 11.6. The molecule has 2 aliphatic rings. The van der Waals surface area contributed by atoms with Crippen LogP contribution in [0.4, 0.5) is 0 Å². The summed E-state index contributed by atoms with van der Waals surface area (Å²) in [6.07, 6.45) is 0.156. The standard InChI is InChI=1S/C11H16O4/c1-5-3-7-6(2)8(12)4-9(13)10(7)11(14)15-5/h5-8,12-13H,3-4H2,1-2H3/t5-,6+,7-,8-/m0/s1. The Morgan fingerprint density at radius 1 is 1.40 bits per heavy atom. The SMILES string of the molecule is C[C@@H]1[C@@H]2C[C@H](C)OC(=O)C2=C(O)C[C@@H]1O. The molecule has 1 fully saturated rings. The van der Waals surface area contributed by atoms with Gasteiger partial charge in [0, 0.05) is 12.3 Å². The van der Waals surface area contributed by atoms with Crippen molar-refractivity contribution in [3.63, 3.8) is 0 Å². The summed E-state index contributed by atoms with van der Waals surface area (Å²) < 4.78 is 5.07. The number of carbonyl (C=O) groups is 1.